The Bertz CT molecular complexity index is 1750. The van der Waals surface area contributed by atoms with Crippen molar-refractivity contribution in [3.05, 3.63) is 89.0 Å². The Balaban J connectivity index is 1.62. The molecule has 0 aliphatic carbocycles. The lowest BCUT2D eigenvalue weighted by atomic mass is 9.91. The molecule has 1 aromatic heterocycles. The maximum Gasteiger partial charge on any atom is 0.417 e. The molecular weight excluding hydrogens is 672 g/mol. The van der Waals surface area contributed by atoms with E-state index in [0.29, 0.717) is 17.7 Å². The van der Waals surface area contributed by atoms with E-state index in [2.05, 4.69) is 10.3 Å². The first kappa shape index (κ1) is 37.3. The van der Waals surface area contributed by atoms with Crippen LogP contribution < -0.4 is 14.8 Å². The Morgan fingerprint density at radius 1 is 1.04 bits per heavy atom. The Hall–Kier alpha value is -5.54. The van der Waals surface area contributed by atoms with Crippen LogP contribution in [0.3, 0.4) is 0 Å². The fourth-order valence-corrected chi connectivity index (χ4v) is 4.91. The molecule has 16 heteroatoms. The van der Waals surface area contributed by atoms with Crippen molar-refractivity contribution in [1.82, 2.24) is 10.3 Å². The highest BCUT2D eigenvalue weighted by Crippen LogP contribution is 2.35. The number of methoxy groups -OCH3 is 1. The zero-order valence-electron chi connectivity index (χ0n) is 27.1. The van der Waals surface area contributed by atoms with E-state index >= 15 is 0 Å². The summed E-state index contributed by atoms with van der Waals surface area (Å²) in [5.41, 5.74) is -2.73. The van der Waals surface area contributed by atoms with Gasteiger partial charge in [0.2, 0.25) is 5.75 Å². The van der Waals surface area contributed by atoms with E-state index in [0.717, 1.165) is 19.4 Å². The van der Waals surface area contributed by atoms with E-state index in [9.17, 15) is 41.5 Å². The molecule has 1 fully saturated rings. The van der Waals surface area contributed by atoms with Crippen molar-refractivity contribution < 1.29 is 65.2 Å². The van der Waals surface area contributed by atoms with Crippen LogP contribution in [-0.4, -0.2) is 66.7 Å². The number of pyridine rings is 1. The van der Waals surface area contributed by atoms with Gasteiger partial charge in [0.25, 0.3) is 5.91 Å². The van der Waals surface area contributed by atoms with Gasteiger partial charge in [-0.25, -0.2) is 19.0 Å². The number of benzene rings is 2. The van der Waals surface area contributed by atoms with Crippen LogP contribution in [0.2, 0.25) is 0 Å². The van der Waals surface area contributed by atoms with Crippen LogP contribution in [-0.2, 0) is 41.2 Å². The van der Waals surface area contributed by atoms with Gasteiger partial charge in [0, 0.05) is 12.3 Å². The molecule has 4 unspecified atom stereocenters. The van der Waals surface area contributed by atoms with Gasteiger partial charge in [-0.1, -0.05) is 44.2 Å². The maximum atomic E-state index is 13.6. The number of rotatable bonds is 9. The Morgan fingerprint density at radius 2 is 1.74 bits per heavy atom. The average Bonchev–Trinajstić information content (AvgIpc) is 3.10. The lowest BCUT2D eigenvalue weighted by molar-refractivity contribution is -0.176. The number of cyclic esters (lactones) is 2. The number of carbonyl (C=O) groups excluding carboxylic acids is 5. The van der Waals surface area contributed by atoms with Crippen molar-refractivity contribution in [2.24, 2.45) is 11.8 Å². The summed E-state index contributed by atoms with van der Waals surface area (Å²) in [6.45, 7) is 3.81. The number of alkyl halides is 3. The predicted molar refractivity (Wildman–Crippen MR) is 163 cm³/mol. The fourth-order valence-electron chi connectivity index (χ4n) is 4.91. The number of ether oxygens (including phenoxy) is 5. The SMILES string of the molecule is COc1ccnc(C(=O)NC2COC(=O)C(Cc3ccccc3)C(OC(=O)C(C)C)C(C)OC2=O)c1OC(=O)c1ccc(F)cc1C(F)(F)F. The molecule has 0 spiro atoms. The van der Waals surface area contributed by atoms with Crippen LogP contribution in [0.15, 0.2) is 60.8 Å². The summed E-state index contributed by atoms with van der Waals surface area (Å²) in [4.78, 5) is 69.7. The van der Waals surface area contributed by atoms with Crippen LogP contribution in [0.5, 0.6) is 11.5 Å². The summed E-state index contributed by atoms with van der Waals surface area (Å²) in [5.74, 6) is -9.51. The third kappa shape index (κ3) is 8.92. The molecule has 50 heavy (non-hydrogen) atoms. The van der Waals surface area contributed by atoms with Gasteiger partial charge in [-0.2, -0.15) is 13.2 Å². The molecular formula is C34H32F4N2O10. The number of nitrogens with zero attached hydrogens (tertiary/aromatic N) is 1. The van der Waals surface area contributed by atoms with Gasteiger partial charge >= 0.3 is 30.1 Å². The largest absolute Gasteiger partial charge is 0.493 e. The molecule has 4 rings (SSSR count). The summed E-state index contributed by atoms with van der Waals surface area (Å²) in [6.07, 6.45) is -6.55. The number of nitrogens with one attached hydrogen (secondary N) is 1. The highest BCUT2D eigenvalue weighted by molar-refractivity contribution is 6.00. The number of esters is 4. The molecule has 0 saturated carbocycles. The molecule has 1 N–H and O–H groups in total. The Kier molecular flexibility index (Phi) is 11.8. The van der Waals surface area contributed by atoms with E-state index in [1.165, 1.54) is 6.92 Å². The van der Waals surface area contributed by atoms with Gasteiger partial charge in [0.1, 0.15) is 24.4 Å². The fraction of sp³-hybridized carbons (Fsp3) is 0.353. The van der Waals surface area contributed by atoms with Gasteiger partial charge in [0.15, 0.2) is 23.6 Å². The summed E-state index contributed by atoms with van der Waals surface area (Å²) in [5, 5.41) is 2.27. The second-order valence-corrected chi connectivity index (χ2v) is 11.4. The van der Waals surface area contributed by atoms with Crippen molar-refractivity contribution >= 4 is 29.8 Å². The van der Waals surface area contributed by atoms with E-state index in [4.69, 9.17) is 23.7 Å². The van der Waals surface area contributed by atoms with E-state index < -0.39 is 101 Å². The highest BCUT2D eigenvalue weighted by Gasteiger charge is 2.43. The van der Waals surface area contributed by atoms with E-state index in [-0.39, 0.29) is 18.2 Å². The summed E-state index contributed by atoms with van der Waals surface area (Å²) >= 11 is 0. The van der Waals surface area contributed by atoms with Crippen molar-refractivity contribution in [2.75, 3.05) is 13.7 Å². The van der Waals surface area contributed by atoms with Gasteiger partial charge in [-0.3, -0.25) is 14.4 Å². The lowest BCUT2D eigenvalue weighted by Crippen LogP contribution is -2.47. The molecule has 0 radical (unpaired) electrons. The molecule has 2 aromatic carbocycles. The molecule has 1 saturated heterocycles. The summed E-state index contributed by atoms with van der Waals surface area (Å²) in [7, 11) is 1.11. The molecule has 1 aliphatic heterocycles. The van der Waals surface area contributed by atoms with Gasteiger partial charge in [0.05, 0.1) is 24.2 Å². The minimum atomic E-state index is -5.15. The topological polar surface area (TPSA) is 156 Å². The van der Waals surface area contributed by atoms with Crippen LogP contribution in [0, 0.1) is 17.7 Å². The van der Waals surface area contributed by atoms with Crippen LogP contribution in [0.25, 0.3) is 0 Å². The maximum absolute atomic E-state index is 13.6. The first-order chi connectivity index (χ1) is 23.6. The number of halogens is 4. The van der Waals surface area contributed by atoms with Crippen molar-refractivity contribution in [1.29, 1.82) is 0 Å². The average molecular weight is 705 g/mol. The monoisotopic (exact) mass is 704 g/mol. The van der Waals surface area contributed by atoms with Crippen LogP contribution in [0.4, 0.5) is 17.6 Å². The predicted octanol–water partition coefficient (Wildman–Crippen LogP) is 4.48. The van der Waals surface area contributed by atoms with Crippen LogP contribution >= 0.6 is 0 Å². The number of aromatic nitrogens is 1. The minimum absolute atomic E-state index is 0.0429. The molecule has 2 heterocycles. The minimum Gasteiger partial charge on any atom is -0.493 e. The summed E-state index contributed by atoms with van der Waals surface area (Å²) in [6, 6.07) is 9.47. The third-order valence-corrected chi connectivity index (χ3v) is 7.47. The molecule has 1 amide bonds. The van der Waals surface area contributed by atoms with Gasteiger partial charge in [-0.05, 0) is 37.1 Å². The second kappa shape index (κ2) is 15.8. The smallest absolute Gasteiger partial charge is 0.417 e. The zero-order chi connectivity index (χ0) is 36.7. The normalized spacial score (nSPS) is 19.6. The second-order valence-electron chi connectivity index (χ2n) is 11.4. The number of hydrogen-bond acceptors (Lipinski definition) is 11. The molecule has 266 valence electrons. The third-order valence-electron chi connectivity index (χ3n) is 7.47. The van der Waals surface area contributed by atoms with Crippen molar-refractivity contribution in [2.45, 2.75) is 51.6 Å². The zero-order valence-corrected chi connectivity index (χ0v) is 27.1. The first-order valence-corrected chi connectivity index (χ1v) is 15.1. The van der Waals surface area contributed by atoms with Crippen molar-refractivity contribution in [3.8, 4) is 11.5 Å². The first-order valence-electron chi connectivity index (χ1n) is 15.1. The molecule has 3 aromatic rings. The van der Waals surface area contributed by atoms with Crippen LogP contribution in [0.1, 0.15) is 52.7 Å². The number of hydrogen-bond donors (Lipinski definition) is 1. The van der Waals surface area contributed by atoms with Crippen molar-refractivity contribution in [3.63, 3.8) is 0 Å². The quantitative estimate of drug-likeness (QED) is 0.190. The van der Waals surface area contributed by atoms with E-state index in [1.807, 2.05) is 0 Å². The molecule has 1 aliphatic rings. The summed E-state index contributed by atoms with van der Waals surface area (Å²) < 4.78 is 81.3. The lowest BCUT2D eigenvalue weighted by Gasteiger charge is -2.29. The van der Waals surface area contributed by atoms with Gasteiger partial charge in [-0.15, -0.1) is 0 Å². The molecule has 4 atom stereocenters. The Labute approximate surface area is 283 Å². The molecule has 12 nitrogen and oxygen atoms in total. The Morgan fingerprint density at radius 3 is 2.38 bits per heavy atom. The highest BCUT2D eigenvalue weighted by atomic mass is 19.4. The standard InChI is InChI=1S/C34H32F4N2O10/c1-17(2)30(42)49-27-18(3)48-33(45)24(16-47-31(43)22(27)14-19-8-6-5-7-9-19)40-29(41)26-28(25(46-4)12-13-39-26)50-32(44)21-11-10-20(35)15-23(21)34(36,37)38/h5-13,15,17-18,22,24,27H,14,16H2,1-4H3,(H,40,41). The number of amides is 1. The molecule has 0 bridgehead atoms. The van der Waals surface area contributed by atoms with E-state index in [1.54, 1.807) is 44.2 Å². The number of carbonyl (C=O) groups is 5. The van der Waals surface area contributed by atoms with Gasteiger partial charge < -0.3 is 29.0 Å².